The Morgan fingerprint density at radius 3 is 2.00 bits per heavy atom. The largest absolute Gasteiger partial charge is 0.492 e. The van der Waals surface area contributed by atoms with Gasteiger partial charge in [0.1, 0.15) is 22.8 Å². The predicted octanol–water partition coefficient (Wildman–Crippen LogP) is 4.09. The van der Waals surface area contributed by atoms with Gasteiger partial charge >= 0.3 is 11.9 Å². The molecule has 3 aromatic rings. The molecule has 0 bridgehead atoms. The van der Waals surface area contributed by atoms with Gasteiger partial charge in [0, 0.05) is 18.6 Å². The summed E-state index contributed by atoms with van der Waals surface area (Å²) in [4.78, 5) is 37.2. The van der Waals surface area contributed by atoms with Gasteiger partial charge in [-0.15, -0.1) is 0 Å². The normalized spacial score (nSPS) is 12.5. The van der Waals surface area contributed by atoms with Crippen LogP contribution in [-0.2, 0) is 0 Å². The monoisotopic (exact) mass is 388 g/mol. The molecule has 6 nitrogen and oxygen atoms in total. The zero-order chi connectivity index (χ0) is 20.2. The van der Waals surface area contributed by atoms with E-state index in [0.29, 0.717) is 11.1 Å². The molecule has 1 aliphatic rings. The lowest BCUT2D eigenvalue weighted by Gasteiger charge is -2.20. The van der Waals surface area contributed by atoms with Crippen molar-refractivity contribution in [2.45, 2.75) is 6.42 Å². The van der Waals surface area contributed by atoms with Crippen LogP contribution >= 0.6 is 0 Å². The lowest BCUT2D eigenvalue weighted by atomic mass is 10.0. The van der Waals surface area contributed by atoms with Crippen molar-refractivity contribution >= 4 is 17.7 Å². The summed E-state index contributed by atoms with van der Waals surface area (Å²) in [5, 5.41) is 0. The second-order valence-corrected chi connectivity index (χ2v) is 6.33. The summed E-state index contributed by atoms with van der Waals surface area (Å²) in [5.41, 5.74) is 0.863. The number of ether oxygens (including phenoxy) is 3. The first kappa shape index (κ1) is 18.4. The Hall–Kier alpha value is -3.93. The van der Waals surface area contributed by atoms with E-state index in [-0.39, 0.29) is 41.6 Å². The number of benzene rings is 3. The Labute approximate surface area is 166 Å². The van der Waals surface area contributed by atoms with Gasteiger partial charge in [0.15, 0.2) is 5.78 Å². The third kappa shape index (κ3) is 4.01. The molecule has 4 rings (SSSR count). The van der Waals surface area contributed by atoms with Crippen molar-refractivity contribution < 1.29 is 28.6 Å². The van der Waals surface area contributed by atoms with Crippen molar-refractivity contribution in [3.8, 4) is 17.2 Å². The van der Waals surface area contributed by atoms with Crippen LogP contribution in [-0.4, -0.2) is 24.3 Å². The van der Waals surface area contributed by atoms with E-state index < -0.39 is 11.9 Å². The molecule has 3 aromatic carbocycles. The van der Waals surface area contributed by atoms with E-state index in [4.69, 9.17) is 14.2 Å². The van der Waals surface area contributed by atoms with Gasteiger partial charge in [-0.05, 0) is 24.3 Å². The molecular weight excluding hydrogens is 372 g/mol. The van der Waals surface area contributed by atoms with Gasteiger partial charge in [-0.3, -0.25) is 4.79 Å². The molecule has 0 atom stereocenters. The minimum absolute atomic E-state index is 0.00286. The van der Waals surface area contributed by atoms with E-state index in [0.717, 1.165) is 0 Å². The summed E-state index contributed by atoms with van der Waals surface area (Å²) in [7, 11) is 0. The minimum Gasteiger partial charge on any atom is -0.492 e. The number of Topliss-reactive ketones (excluding diaryl/α,β-unsaturated/α-hetero) is 1. The van der Waals surface area contributed by atoms with Gasteiger partial charge in [-0.2, -0.15) is 0 Å². The molecule has 0 amide bonds. The fraction of sp³-hybridized carbons (Fsp3) is 0.0870. The van der Waals surface area contributed by atoms with Crippen LogP contribution in [0.1, 0.15) is 37.5 Å². The highest BCUT2D eigenvalue weighted by Crippen LogP contribution is 2.38. The molecule has 29 heavy (non-hydrogen) atoms. The Balaban J connectivity index is 1.67. The maximum Gasteiger partial charge on any atom is 0.343 e. The molecule has 0 saturated heterocycles. The molecular formula is C23H16O6. The molecule has 0 spiro atoms. The van der Waals surface area contributed by atoms with Gasteiger partial charge in [-0.25, -0.2) is 9.59 Å². The van der Waals surface area contributed by atoms with Crippen molar-refractivity contribution in [2.75, 3.05) is 6.61 Å². The van der Waals surface area contributed by atoms with Crippen LogP contribution in [0, 0.1) is 0 Å². The van der Waals surface area contributed by atoms with Gasteiger partial charge in [0.2, 0.25) is 0 Å². The zero-order valence-corrected chi connectivity index (χ0v) is 15.3. The Kier molecular flexibility index (Phi) is 5.07. The predicted molar refractivity (Wildman–Crippen MR) is 104 cm³/mol. The second kappa shape index (κ2) is 7.98. The molecule has 0 radical (unpaired) electrons. The van der Waals surface area contributed by atoms with Crippen LogP contribution in [0.4, 0.5) is 0 Å². The number of hydrogen-bond acceptors (Lipinski definition) is 6. The molecule has 144 valence electrons. The molecule has 0 saturated carbocycles. The van der Waals surface area contributed by atoms with Crippen LogP contribution in [0.25, 0.3) is 0 Å². The Morgan fingerprint density at radius 1 is 0.793 bits per heavy atom. The molecule has 0 unspecified atom stereocenters. The molecule has 0 N–H and O–H groups in total. The number of hydrogen-bond donors (Lipinski definition) is 0. The van der Waals surface area contributed by atoms with Gasteiger partial charge in [0.05, 0.1) is 17.7 Å². The third-order valence-electron chi connectivity index (χ3n) is 4.34. The lowest BCUT2D eigenvalue weighted by molar-refractivity contribution is 0.0729. The quantitative estimate of drug-likeness (QED) is 0.495. The fourth-order valence-corrected chi connectivity index (χ4v) is 2.95. The second-order valence-electron chi connectivity index (χ2n) is 6.33. The summed E-state index contributed by atoms with van der Waals surface area (Å²) in [6, 6.07) is 19.7. The van der Waals surface area contributed by atoms with Gasteiger partial charge in [0.25, 0.3) is 0 Å². The van der Waals surface area contributed by atoms with Crippen LogP contribution < -0.4 is 14.2 Å². The number of carbonyl (C=O) groups is 3. The number of ketones is 1. The first-order valence-electron chi connectivity index (χ1n) is 9.00. The maximum atomic E-state index is 12.5. The minimum atomic E-state index is -0.627. The number of rotatable bonds is 4. The third-order valence-corrected chi connectivity index (χ3v) is 4.34. The molecule has 0 aromatic heterocycles. The van der Waals surface area contributed by atoms with E-state index in [9.17, 15) is 14.4 Å². The van der Waals surface area contributed by atoms with E-state index in [1.54, 1.807) is 60.7 Å². The first-order valence-corrected chi connectivity index (χ1v) is 9.00. The average Bonchev–Trinajstić information content (AvgIpc) is 2.75. The Bertz CT molecular complexity index is 1070. The van der Waals surface area contributed by atoms with E-state index in [2.05, 4.69) is 0 Å². The number of carbonyl (C=O) groups excluding carboxylic acids is 3. The van der Waals surface area contributed by atoms with Crippen molar-refractivity contribution in [2.24, 2.45) is 0 Å². The first-order chi connectivity index (χ1) is 14.1. The van der Waals surface area contributed by atoms with E-state index in [1.165, 1.54) is 12.1 Å². The van der Waals surface area contributed by atoms with Crippen LogP contribution in [0.5, 0.6) is 17.2 Å². The number of fused-ring (bicyclic) bond motifs is 1. The highest BCUT2D eigenvalue weighted by atomic mass is 16.5. The molecule has 0 aliphatic carbocycles. The van der Waals surface area contributed by atoms with Crippen molar-refractivity contribution in [1.29, 1.82) is 0 Å². The summed E-state index contributed by atoms with van der Waals surface area (Å²) < 4.78 is 16.4. The highest BCUT2D eigenvalue weighted by molar-refractivity contribution is 6.04. The standard InChI is InChI=1S/C23H16O6/c24-18-11-12-27-19-13-17(28-22(25)15-7-3-1-4-8-15)14-20(21(18)19)29-23(26)16-9-5-2-6-10-16/h1-10,13-14H,11-12H2. The van der Waals surface area contributed by atoms with E-state index >= 15 is 0 Å². The fourth-order valence-electron chi connectivity index (χ4n) is 2.95. The van der Waals surface area contributed by atoms with Crippen molar-refractivity contribution in [3.63, 3.8) is 0 Å². The maximum absolute atomic E-state index is 12.5. The average molecular weight is 388 g/mol. The van der Waals surface area contributed by atoms with Crippen molar-refractivity contribution in [3.05, 3.63) is 89.5 Å². The molecule has 0 fully saturated rings. The van der Waals surface area contributed by atoms with Gasteiger partial charge in [-0.1, -0.05) is 36.4 Å². The lowest BCUT2D eigenvalue weighted by Crippen LogP contribution is -2.19. The zero-order valence-electron chi connectivity index (χ0n) is 15.3. The summed E-state index contributed by atoms with van der Waals surface area (Å²) in [6.07, 6.45) is 0.173. The Morgan fingerprint density at radius 2 is 1.38 bits per heavy atom. The summed E-state index contributed by atoms with van der Waals surface area (Å²) in [6.45, 7) is 0.202. The molecule has 1 aliphatic heterocycles. The number of esters is 2. The van der Waals surface area contributed by atoms with Crippen LogP contribution in [0.15, 0.2) is 72.8 Å². The SMILES string of the molecule is O=C(Oc1cc2c(c(OC(=O)c3ccccc3)c1)C(=O)CCO2)c1ccccc1. The van der Waals surface area contributed by atoms with Crippen molar-refractivity contribution in [1.82, 2.24) is 0 Å². The van der Waals surface area contributed by atoms with Crippen LogP contribution in [0.2, 0.25) is 0 Å². The summed E-state index contributed by atoms with van der Waals surface area (Å²) in [5.74, 6) is -1.08. The van der Waals surface area contributed by atoms with Crippen LogP contribution in [0.3, 0.4) is 0 Å². The topological polar surface area (TPSA) is 78.9 Å². The summed E-state index contributed by atoms with van der Waals surface area (Å²) >= 11 is 0. The highest BCUT2D eigenvalue weighted by Gasteiger charge is 2.27. The smallest absolute Gasteiger partial charge is 0.343 e. The van der Waals surface area contributed by atoms with Gasteiger partial charge < -0.3 is 14.2 Å². The van der Waals surface area contributed by atoms with E-state index in [1.807, 2.05) is 0 Å². The molecule has 6 heteroatoms. The molecule has 1 heterocycles.